The van der Waals surface area contributed by atoms with Crippen molar-refractivity contribution >= 4 is 12.1 Å². The summed E-state index contributed by atoms with van der Waals surface area (Å²) in [5.41, 5.74) is 0. The maximum Gasteiger partial charge on any atom is 0.318 e. The quantitative estimate of drug-likeness (QED) is 0.374. The largest absolute Gasteiger partial charge is 0.388 e. The van der Waals surface area contributed by atoms with Gasteiger partial charge in [-0.2, -0.15) is 0 Å². The van der Waals surface area contributed by atoms with E-state index in [1.807, 2.05) is 0 Å². The number of hydrogen-bond acceptors (Lipinski definition) is 3. The Hall–Kier alpha value is -1.50. The van der Waals surface area contributed by atoms with Gasteiger partial charge in [0.15, 0.2) is 0 Å². The number of carbonyl (C=O) groups is 2. The molecule has 0 radical (unpaired) electrons. The van der Waals surface area contributed by atoms with Crippen LogP contribution >= 0.6 is 0 Å². The normalized spacial score (nSPS) is 28.8. The van der Waals surface area contributed by atoms with Gasteiger partial charge in [-0.3, -0.25) is 0 Å². The lowest BCUT2D eigenvalue weighted by atomic mass is 10.4. The van der Waals surface area contributed by atoms with E-state index in [0.29, 0.717) is 0 Å². The fourth-order valence-electron chi connectivity index (χ4n) is 1.05. The van der Waals surface area contributed by atoms with Crippen molar-refractivity contribution < 1.29 is 14.3 Å². The Bertz CT molecular complexity index is 182. The third kappa shape index (κ3) is 2.22. The molecule has 2 rings (SSSR count). The number of nitrogens with one attached hydrogen (secondary N) is 4. The van der Waals surface area contributed by atoms with Gasteiger partial charge in [0.25, 0.3) is 0 Å². The molecule has 0 aromatic rings. The van der Waals surface area contributed by atoms with Crippen LogP contribution in [0.5, 0.6) is 0 Å². The van der Waals surface area contributed by atoms with Crippen molar-refractivity contribution in [3.63, 3.8) is 0 Å². The Labute approximate surface area is 75.2 Å². The number of fused-ring (bicyclic) bond motifs is 1. The van der Waals surface area contributed by atoms with E-state index in [-0.39, 0.29) is 24.4 Å². The van der Waals surface area contributed by atoms with Crippen LogP contribution in [0, 0.1) is 0 Å². The first-order valence-electron chi connectivity index (χ1n) is 3.71. The van der Waals surface area contributed by atoms with Crippen LogP contribution < -0.4 is 21.3 Å². The molecule has 0 aromatic heterocycles. The van der Waals surface area contributed by atoms with Crippen molar-refractivity contribution in [1.82, 2.24) is 21.3 Å². The molecule has 0 saturated carbocycles. The Balaban J connectivity index is 0.000000251. The van der Waals surface area contributed by atoms with Gasteiger partial charge in [0.2, 0.25) is 0 Å². The van der Waals surface area contributed by atoms with Crippen molar-refractivity contribution in [2.75, 3.05) is 14.2 Å². The zero-order chi connectivity index (χ0) is 9.84. The zero-order valence-corrected chi connectivity index (χ0v) is 7.38. The molecular weight excluding hydrogens is 176 g/mol. The number of amides is 4. The van der Waals surface area contributed by atoms with E-state index in [0.717, 1.165) is 0 Å². The van der Waals surface area contributed by atoms with Gasteiger partial charge in [-0.05, 0) is 0 Å². The summed E-state index contributed by atoms with van der Waals surface area (Å²) in [5, 5.41) is 10.0. The molecule has 0 aromatic carbocycles. The second-order valence-electron chi connectivity index (χ2n) is 2.60. The highest BCUT2D eigenvalue weighted by Gasteiger charge is 2.38. The highest BCUT2D eigenvalue weighted by molar-refractivity contribution is 5.84. The lowest BCUT2D eigenvalue weighted by molar-refractivity contribution is 0.239. The monoisotopic (exact) mass is 188 g/mol. The number of rotatable bonds is 0. The van der Waals surface area contributed by atoms with Crippen LogP contribution in [0.1, 0.15) is 0 Å². The summed E-state index contributed by atoms with van der Waals surface area (Å²) in [6.07, 6.45) is -0.583. The maximum absolute atomic E-state index is 10.5. The SMILES string of the molecule is COC.O=C1NC2NC(=O)NC2N1. The standard InChI is InChI=1S/C4H6N4O2.C2H6O/c9-3-5-1-2(7-3)8-4(10)6-1;1-3-2/h1-2H,(H2,5,7,9)(H2,6,8,10);1-2H3. The first-order chi connectivity index (χ1) is 6.17. The van der Waals surface area contributed by atoms with Crippen molar-refractivity contribution in [1.29, 1.82) is 0 Å². The average Bonchev–Trinajstić information content (AvgIpc) is 2.44. The average molecular weight is 188 g/mol. The minimum atomic E-state index is -0.292. The van der Waals surface area contributed by atoms with Crippen molar-refractivity contribution in [2.45, 2.75) is 12.3 Å². The molecule has 0 bridgehead atoms. The third-order valence-electron chi connectivity index (χ3n) is 1.48. The van der Waals surface area contributed by atoms with E-state index in [1.54, 1.807) is 14.2 Å². The van der Waals surface area contributed by atoms with Gasteiger partial charge < -0.3 is 26.0 Å². The van der Waals surface area contributed by atoms with Gasteiger partial charge in [0, 0.05) is 14.2 Å². The highest BCUT2D eigenvalue weighted by Crippen LogP contribution is 2.00. The zero-order valence-electron chi connectivity index (χ0n) is 7.38. The number of urea groups is 2. The molecule has 2 saturated heterocycles. The van der Waals surface area contributed by atoms with E-state index >= 15 is 0 Å². The second-order valence-corrected chi connectivity index (χ2v) is 2.60. The molecule has 7 nitrogen and oxygen atoms in total. The maximum atomic E-state index is 10.5. The van der Waals surface area contributed by atoms with E-state index in [2.05, 4.69) is 26.0 Å². The number of methoxy groups -OCH3 is 1. The van der Waals surface area contributed by atoms with Gasteiger partial charge in [0.1, 0.15) is 12.3 Å². The molecule has 13 heavy (non-hydrogen) atoms. The molecule has 0 unspecified atom stereocenters. The lowest BCUT2D eigenvalue weighted by Gasteiger charge is -2.02. The van der Waals surface area contributed by atoms with Gasteiger partial charge in [-0.25, -0.2) is 9.59 Å². The van der Waals surface area contributed by atoms with Crippen molar-refractivity contribution in [3.05, 3.63) is 0 Å². The number of ether oxygens (including phenoxy) is 1. The van der Waals surface area contributed by atoms with Gasteiger partial charge in [-0.1, -0.05) is 0 Å². The summed E-state index contributed by atoms with van der Waals surface area (Å²) in [5.74, 6) is 0. The third-order valence-corrected chi connectivity index (χ3v) is 1.48. The molecule has 2 aliphatic heterocycles. The van der Waals surface area contributed by atoms with Gasteiger partial charge >= 0.3 is 12.1 Å². The van der Waals surface area contributed by atoms with Gasteiger partial charge in [-0.15, -0.1) is 0 Å². The topological polar surface area (TPSA) is 91.5 Å². The molecule has 74 valence electrons. The molecule has 7 heteroatoms. The van der Waals surface area contributed by atoms with Crippen molar-refractivity contribution in [2.24, 2.45) is 0 Å². The molecule has 4 N–H and O–H groups in total. The Kier molecular flexibility index (Phi) is 2.91. The summed E-state index contributed by atoms with van der Waals surface area (Å²) >= 11 is 0. The summed E-state index contributed by atoms with van der Waals surface area (Å²) in [6, 6.07) is -0.523. The Morgan fingerprint density at radius 3 is 1.38 bits per heavy atom. The van der Waals surface area contributed by atoms with Crippen LogP contribution in [0.25, 0.3) is 0 Å². The van der Waals surface area contributed by atoms with Crippen molar-refractivity contribution in [3.8, 4) is 0 Å². The smallest absolute Gasteiger partial charge is 0.318 e. The molecular formula is C6H12N4O3. The first kappa shape index (κ1) is 9.59. The summed E-state index contributed by atoms with van der Waals surface area (Å²) in [6.45, 7) is 0. The van der Waals surface area contributed by atoms with E-state index in [9.17, 15) is 9.59 Å². The molecule has 4 amide bonds. The van der Waals surface area contributed by atoms with Crippen LogP contribution in [-0.4, -0.2) is 38.6 Å². The predicted molar refractivity (Wildman–Crippen MR) is 43.8 cm³/mol. The fourth-order valence-corrected chi connectivity index (χ4v) is 1.05. The highest BCUT2D eigenvalue weighted by atomic mass is 16.4. The van der Waals surface area contributed by atoms with Crippen LogP contribution in [0.3, 0.4) is 0 Å². The second kappa shape index (κ2) is 3.94. The summed E-state index contributed by atoms with van der Waals surface area (Å²) < 4.78 is 4.25. The first-order valence-corrected chi connectivity index (χ1v) is 3.71. The summed E-state index contributed by atoms with van der Waals surface area (Å²) in [7, 11) is 3.25. The molecule has 0 aliphatic carbocycles. The molecule has 2 aliphatic rings. The number of hydrogen-bond donors (Lipinski definition) is 4. The van der Waals surface area contributed by atoms with Crippen LogP contribution in [0.15, 0.2) is 0 Å². The predicted octanol–water partition coefficient (Wildman–Crippen LogP) is -1.47. The van der Waals surface area contributed by atoms with Crippen LogP contribution in [-0.2, 0) is 4.74 Å². The minimum Gasteiger partial charge on any atom is -0.388 e. The molecule has 0 spiro atoms. The molecule has 2 heterocycles. The number of carbonyl (C=O) groups excluding carboxylic acids is 2. The van der Waals surface area contributed by atoms with E-state index in [4.69, 9.17) is 0 Å². The van der Waals surface area contributed by atoms with Crippen LogP contribution in [0.4, 0.5) is 9.59 Å². The molecule has 0 atom stereocenters. The van der Waals surface area contributed by atoms with Gasteiger partial charge in [0.05, 0.1) is 0 Å². The lowest BCUT2D eigenvalue weighted by Crippen LogP contribution is -2.39. The summed E-state index contributed by atoms with van der Waals surface area (Å²) in [4.78, 5) is 21.1. The Morgan fingerprint density at radius 2 is 1.15 bits per heavy atom. The van der Waals surface area contributed by atoms with Crippen LogP contribution in [0.2, 0.25) is 0 Å². The minimum absolute atomic E-state index is 0.262. The van der Waals surface area contributed by atoms with E-state index < -0.39 is 0 Å². The van der Waals surface area contributed by atoms with E-state index in [1.165, 1.54) is 0 Å². The molecule has 2 fully saturated rings. The Morgan fingerprint density at radius 1 is 0.923 bits per heavy atom. The fraction of sp³-hybridized carbons (Fsp3) is 0.667.